The Morgan fingerprint density at radius 1 is 1.15 bits per heavy atom. The summed E-state index contributed by atoms with van der Waals surface area (Å²) in [6.45, 7) is 5.14. The fraction of sp³-hybridized carbons (Fsp3) is 0.158. The maximum absolute atomic E-state index is 10.9. The fourth-order valence-corrected chi connectivity index (χ4v) is 3.14. The van der Waals surface area contributed by atoms with Crippen LogP contribution in [0.2, 0.25) is 0 Å². The Bertz CT molecular complexity index is 965. The number of hydrogen-bond donors (Lipinski definition) is 1. The highest BCUT2D eigenvalue weighted by molar-refractivity contribution is 7.17. The topological polar surface area (TPSA) is 76.5 Å². The second-order valence-electron chi connectivity index (χ2n) is 5.67. The van der Waals surface area contributed by atoms with Gasteiger partial charge in [0.25, 0.3) is 0 Å². The molecule has 132 valence electrons. The summed E-state index contributed by atoms with van der Waals surface area (Å²) in [6, 6.07) is 13.6. The number of carbonyl (C=O) groups excluding carboxylic acids is 1. The van der Waals surface area contributed by atoms with Crippen LogP contribution in [0.4, 0.5) is 11.6 Å². The summed E-state index contributed by atoms with van der Waals surface area (Å²) in [5, 5.41) is 7.04. The molecule has 3 aromatic heterocycles. The largest absolute Gasteiger partial charge is 0.331 e. The van der Waals surface area contributed by atoms with Crippen LogP contribution in [0.15, 0.2) is 53.8 Å². The first-order chi connectivity index (χ1) is 12.5. The van der Waals surface area contributed by atoms with Gasteiger partial charge in [-0.05, 0) is 55.8 Å². The molecule has 26 heavy (non-hydrogen) atoms. The number of aromatic nitrogens is 2. The van der Waals surface area contributed by atoms with Gasteiger partial charge in [0.05, 0.1) is 21.2 Å². The van der Waals surface area contributed by atoms with Crippen molar-refractivity contribution in [3.05, 3.63) is 59.1 Å². The average Bonchev–Trinajstić information content (AvgIpc) is 3.10. The number of anilines is 2. The summed E-state index contributed by atoms with van der Waals surface area (Å²) < 4.78 is 0. The molecular weight excluding hydrogens is 348 g/mol. The normalized spacial score (nSPS) is 11.3. The Kier molecular flexibility index (Phi) is 5.38. The molecule has 7 heteroatoms. The van der Waals surface area contributed by atoms with E-state index in [4.69, 9.17) is 4.84 Å². The standard InChI is InChI=1S/C19H18N4O2S/c1-12-9-10-20-19(11-12)22-18-6-4-5-15(21-18)17-8-7-16(26-17)13(2)23-25-14(3)24/h4-11H,1-3H3,(H,20,21,22)/b23-13+. The smallest absolute Gasteiger partial charge is 0.325 e. The van der Waals surface area contributed by atoms with Crippen LogP contribution in [-0.2, 0) is 9.63 Å². The first kappa shape index (κ1) is 17.8. The lowest BCUT2D eigenvalue weighted by molar-refractivity contribution is -0.140. The Labute approximate surface area is 155 Å². The van der Waals surface area contributed by atoms with Crippen molar-refractivity contribution in [2.75, 3.05) is 5.32 Å². The molecule has 0 amide bonds. The Morgan fingerprint density at radius 2 is 2.00 bits per heavy atom. The molecule has 0 unspecified atom stereocenters. The van der Waals surface area contributed by atoms with Crippen LogP contribution in [0.25, 0.3) is 10.6 Å². The van der Waals surface area contributed by atoms with E-state index in [2.05, 4.69) is 20.4 Å². The van der Waals surface area contributed by atoms with Gasteiger partial charge < -0.3 is 10.2 Å². The number of aryl methyl sites for hydroxylation is 1. The van der Waals surface area contributed by atoms with Crippen LogP contribution < -0.4 is 5.32 Å². The summed E-state index contributed by atoms with van der Waals surface area (Å²) in [7, 11) is 0. The molecule has 1 N–H and O–H groups in total. The van der Waals surface area contributed by atoms with Gasteiger partial charge in [-0.2, -0.15) is 0 Å². The van der Waals surface area contributed by atoms with E-state index in [1.165, 1.54) is 18.3 Å². The molecule has 0 saturated carbocycles. The second-order valence-corrected chi connectivity index (χ2v) is 6.76. The molecule has 0 saturated heterocycles. The van der Waals surface area contributed by atoms with Crippen LogP contribution in [0.3, 0.4) is 0 Å². The zero-order valence-electron chi connectivity index (χ0n) is 14.7. The third-order valence-corrected chi connectivity index (χ3v) is 4.66. The number of rotatable bonds is 5. The van der Waals surface area contributed by atoms with Gasteiger partial charge in [-0.3, -0.25) is 0 Å². The van der Waals surface area contributed by atoms with Crippen molar-refractivity contribution >= 4 is 34.7 Å². The molecule has 0 bridgehead atoms. The lowest BCUT2D eigenvalue weighted by Gasteiger charge is -2.06. The number of thiophene rings is 1. The quantitative estimate of drug-likeness (QED) is 0.407. The second kappa shape index (κ2) is 7.88. The minimum absolute atomic E-state index is 0.439. The summed E-state index contributed by atoms with van der Waals surface area (Å²) in [5.74, 6) is 1.04. The SMILES string of the molecule is CC(=O)O/N=C(\C)c1ccc(-c2cccc(Nc3cc(C)ccn3)n2)s1. The molecule has 0 radical (unpaired) electrons. The van der Waals surface area contributed by atoms with Gasteiger partial charge in [-0.15, -0.1) is 11.3 Å². The van der Waals surface area contributed by atoms with Crippen molar-refractivity contribution in [3.63, 3.8) is 0 Å². The maximum Gasteiger partial charge on any atom is 0.331 e. The molecule has 0 atom stereocenters. The fourth-order valence-electron chi connectivity index (χ4n) is 2.23. The van der Waals surface area contributed by atoms with Gasteiger partial charge in [0.1, 0.15) is 11.6 Å². The molecular formula is C19H18N4O2S. The molecule has 0 aliphatic carbocycles. The zero-order valence-corrected chi connectivity index (χ0v) is 15.5. The summed E-state index contributed by atoms with van der Waals surface area (Å²) in [6.07, 6.45) is 1.76. The van der Waals surface area contributed by atoms with E-state index >= 15 is 0 Å². The summed E-state index contributed by atoms with van der Waals surface area (Å²) in [5.41, 5.74) is 2.62. The molecule has 6 nitrogen and oxygen atoms in total. The predicted molar refractivity (Wildman–Crippen MR) is 104 cm³/mol. The number of hydrogen-bond acceptors (Lipinski definition) is 7. The molecule has 3 aromatic rings. The minimum atomic E-state index is -0.439. The molecule has 0 fully saturated rings. The van der Waals surface area contributed by atoms with E-state index in [0.717, 1.165) is 32.6 Å². The van der Waals surface area contributed by atoms with Gasteiger partial charge in [0.15, 0.2) is 0 Å². The molecule has 0 spiro atoms. The van der Waals surface area contributed by atoms with Crippen molar-refractivity contribution < 1.29 is 9.63 Å². The van der Waals surface area contributed by atoms with Gasteiger partial charge in [-0.1, -0.05) is 11.2 Å². The van der Waals surface area contributed by atoms with Gasteiger partial charge in [0.2, 0.25) is 0 Å². The zero-order chi connectivity index (χ0) is 18.5. The maximum atomic E-state index is 10.9. The molecule has 3 heterocycles. The Morgan fingerprint density at radius 3 is 2.77 bits per heavy atom. The average molecular weight is 366 g/mol. The number of oxime groups is 1. The Hall–Kier alpha value is -3.06. The number of nitrogens with zero attached hydrogens (tertiary/aromatic N) is 3. The van der Waals surface area contributed by atoms with E-state index in [0.29, 0.717) is 5.71 Å². The van der Waals surface area contributed by atoms with E-state index in [1.807, 2.05) is 49.4 Å². The first-order valence-corrected chi connectivity index (χ1v) is 8.82. The van der Waals surface area contributed by atoms with Crippen molar-refractivity contribution in [2.45, 2.75) is 20.8 Å². The van der Waals surface area contributed by atoms with Crippen molar-refractivity contribution in [2.24, 2.45) is 5.16 Å². The minimum Gasteiger partial charge on any atom is -0.325 e. The van der Waals surface area contributed by atoms with Crippen molar-refractivity contribution in [1.82, 2.24) is 9.97 Å². The summed E-state index contributed by atoms with van der Waals surface area (Å²) >= 11 is 1.54. The summed E-state index contributed by atoms with van der Waals surface area (Å²) in [4.78, 5) is 26.4. The van der Waals surface area contributed by atoms with Crippen molar-refractivity contribution in [1.29, 1.82) is 0 Å². The third kappa shape index (κ3) is 4.52. The highest BCUT2D eigenvalue weighted by Crippen LogP contribution is 2.28. The van der Waals surface area contributed by atoms with Crippen molar-refractivity contribution in [3.8, 4) is 10.6 Å². The lowest BCUT2D eigenvalue weighted by Crippen LogP contribution is -1.97. The van der Waals surface area contributed by atoms with Gasteiger partial charge in [-0.25, -0.2) is 14.8 Å². The third-order valence-electron chi connectivity index (χ3n) is 3.45. The van der Waals surface area contributed by atoms with E-state index in [1.54, 1.807) is 13.1 Å². The molecule has 0 aliphatic heterocycles. The molecule has 0 aliphatic rings. The monoisotopic (exact) mass is 366 g/mol. The molecule has 3 rings (SSSR count). The van der Waals surface area contributed by atoms with Crippen LogP contribution in [0.5, 0.6) is 0 Å². The van der Waals surface area contributed by atoms with E-state index < -0.39 is 5.97 Å². The lowest BCUT2D eigenvalue weighted by atomic mass is 10.2. The highest BCUT2D eigenvalue weighted by atomic mass is 32.1. The van der Waals surface area contributed by atoms with E-state index in [9.17, 15) is 4.79 Å². The van der Waals surface area contributed by atoms with E-state index in [-0.39, 0.29) is 0 Å². The van der Waals surface area contributed by atoms with Gasteiger partial charge >= 0.3 is 5.97 Å². The van der Waals surface area contributed by atoms with Crippen LogP contribution in [0.1, 0.15) is 24.3 Å². The van der Waals surface area contributed by atoms with Gasteiger partial charge in [0, 0.05) is 13.1 Å². The van der Waals surface area contributed by atoms with Crippen LogP contribution >= 0.6 is 11.3 Å². The predicted octanol–water partition coefficient (Wildman–Crippen LogP) is 4.54. The molecule has 0 aromatic carbocycles. The first-order valence-electron chi connectivity index (χ1n) is 8.01. The number of pyridine rings is 2. The van der Waals surface area contributed by atoms with Crippen LogP contribution in [0, 0.1) is 6.92 Å². The number of carbonyl (C=O) groups is 1. The van der Waals surface area contributed by atoms with Crippen LogP contribution in [-0.4, -0.2) is 21.6 Å². The Balaban J connectivity index is 1.80. The number of nitrogens with one attached hydrogen (secondary N) is 1. The highest BCUT2D eigenvalue weighted by Gasteiger charge is 2.08.